The first-order chi connectivity index (χ1) is 23.7. The lowest BCUT2D eigenvalue weighted by molar-refractivity contribution is 0.414. The van der Waals surface area contributed by atoms with Crippen molar-refractivity contribution in [3.05, 3.63) is 182 Å². The lowest BCUT2D eigenvalue weighted by Crippen LogP contribution is -2.09. The highest BCUT2D eigenvalue weighted by Crippen LogP contribution is 2.39. The van der Waals surface area contributed by atoms with Crippen LogP contribution < -0.4 is 19.3 Å². The average molecular weight is 625 g/mol. The molecule has 0 atom stereocenters. The Kier molecular flexibility index (Phi) is 8.88. The van der Waals surface area contributed by atoms with Crippen molar-refractivity contribution < 1.29 is 9.47 Å². The Balaban J connectivity index is 1.20. The first kappa shape index (κ1) is 30.4. The molecule has 0 saturated heterocycles. The van der Waals surface area contributed by atoms with Crippen LogP contribution in [0.2, 0.25) is 0 Å². The van der Waals surface area contributed by atoms with Crippen LogP contribution in [0.25, 0.3) is 22.3 Å². The molecular formula is C44H36N2O2. The average Bonchev–Trinajstić information content (AvgIpc) is 3.17. The number of hydrogen-bond donors (Lipinski definition) is 0. The number of hydrogen-bond acceptors (Lipinski definition) is 4. The maximum Gasteiger partial charge on any atom is 0.119 e. The van der Waals surface area contributed by atoms with Gasteiger partial charge in [-0.3, -0.25) is 0 Å². The predicted molar refractivity (Wildman–Crippen MR) is 200 cm³/mol. The smallest absolute Gasteiger partial charge is 0.119 e. The lowest BCUT2D eigenvalue weighted by atomic mass is 9.99. The molecule has 0 aromatic heterocycles. The van der Waals surface area contributed by atoms with E-state index in [4.69, 9.17) is 9.47 Å². The normalized spacial score (nSPS) is 10.7. The number of nitrogens with zero attached hydrogens (tertiary/aromatic N) is 2. The Labute approximate surface area is 282 Å². The quantitative estimate of drug-likeness (QED) is 0.151. The number of ether oxygens (including phenoxy) is 2. The molecule has 0 amide bonds. The summed E-state index contributed by atoms with van der Waals surface area (Å²) in [4.78, 5) is 4.54. The summed E-state index contributed by atoms with van der Waals surface area (Å²) in [5.74, 6) is 1.67. The molecule has 0 aliphatic rings. The second-order valence-corrected chi connectivity index (χ2v) is 11.4. The number of para-hydroxylation sites is 2. The first-order valence-corrected chi connectivity index (χ1v) is 16.0. The molecule has 0 N–H and O–H groups in total. The fourth-order valence-corrected chi connectivity index (χ4v) is 6.02. The summed E-state index contributed by atoms with van der Waals surface area (Å²) in [5, 5.41) is 0. The Morgan fingerprint density at radius 2 is 0.625 bits per heavy atom. The van der Waals surface area contributed by atoms with Crippen LogP contribution in [-0.2, 0) is 0 Å². The molecule has 7 aromatic rings. The fraction of sp³-hybridized carbons (Fsp3) is 0.0455. The Hall–Kier alpha value is -6.26. The number of rotatable bonds is 10. The molecule has 0 spiro atoms. The summed E-state index contributed by atoms with van der Waals surface area (Å²) in [7, 11) is 3.38. The van der Waals surface area contributed by atoms with Gasteiger partial charge in [-0.15, -0.1) is 0 Å². The molecule has 234 valence electrons. The van der Waals surface area contributed by atoms with Crippen LogP contribution in [-0.4, -0.2) is 14.2 Å². The van der Waals surface area contributed by atoms with Crippen molar-refractivity contribution >= 4 is 34.1 Å². The maximum atomic E-state index is 5.42. The maximum absolute atomic E-state index is 5.42. The van der Waals surface area contributed by atoms with E-state index < -0.39 is 0 Å². The minimum absolute atomic E-state index is 0.833. The van der Waals surface area contributed by atoms with Gasteiger partial charge >= 0.3 is 0 Å². The third-order valence-corrected chi connectivity index (χ3v) is 8.45. The summed E-state index contributed by atoms with van der Waals surface area (Å²) in [5.41, 5.74) is 11.1. The largest absolute Gasteiger partial charge is 0.497 e. The summed E-state index contributed by atoms with van der Waals surface area (Å²) >= 11 is 0. The highest BCUT2D eigenvalue weighted by molar-refractivity contribution is 5.82. The van der Waals surface area contributed by atoms with Gasteiger partial charge < -0.3 is 19.3 Å². The Bertz CT molecular complexity index is 1920. The molecule has 0 unspecified atom stereocenters. The minimum Gasteiger partial charge on any atom is -0.497 e. The van der Waals surface area contributed by atoms with E-state index in [1.165, 1.54) is 0 Å². The predicted octanol–water partition coefficient (Wildman–Crippen LogP) is 12.0. The third-order valence-electron chi connectivity index (χ3n) is 8.45. The molecule has 7 rings (SSSR count). The number of benzene rings is 7. The van der Waals surface area contributed by atoms with E-state index in [0.29, 0.717) is 0 Å². The second kappa shape index (κ2) is 14.0. The van der Waals surface area contributed by atoms with Gasteiger partial charge in [-0.25, -0.2) is 0 Å². The van der Waals surface area contributed by atoms with Gasteiger partial charge in [0.2, 0.25) is 0 Å². The van der Waals surface area contributed by atoms with Crippen molar-refractivity contribution in [1.82, 2.24) is 0 Å². The van der Waals surface area contributed by atoms with E-state index in [1.54, 1.807) is 14.2 Å². The molecule has 0 fully saturated rings. The van der Waals surface area contributed by atoms with Crippen molar-refractivity contribution in [2.24, 2.45) is 0 Å². The molecule has 0 heterocycles. The molecule has 7 aromatic carbocycles. The molecule has 0 radical (unpaired) electrons. The zero-order valence-electron chi connectivity index (χ0n) is 27.0. The highest BCUT2D eigenvalue weighted by Gasteiger charge is 2.15. The standard InChI is InChI=1S/C44H36N2O2/c1-47-43-27-23-39(24-28-43)45(37-13-5-3-6-14-37)41-17-9-11-35(31-41)33-19-21-34(22-20-33)36-12-10-18-42(32-36)46(38-15-7-4-8-16-38)40-25-29-44(48-2)30-26-40/h3-32H,1-2H3. The van der Waals surface area contributed by atoms with Gasteiger partial charge in [0.25, 0.3) is 0 Å². The van der Waals surface area contributed by atoms with Crippen LogP contribution in [0, 0.1) is 0 Å². The molecule has 48 heavy (non-hydrogen) atoms. The minimum atomic E-state index is 0.833. The van der Waals surface area contributed by atoms with Gasteiger partial charge in [-0.2, -0.15) is 0 Å². The van der Waals surface area contributed by atoms with E-state index in [9.17, 15) is 0 Å². The highest BCUT2D eigenvalue weighted by atomic mass is 16.5. The summed E-state index contributed by atoms with van der Waals surface area (Å²) in [6, 6.07) is 63.5. The van der Waals surface area contributed by atoms with Crippen molar-refractivity contribution in [2.45, 2.75) is 0 Å². The zero-order valence-corrected chi connectivity index (χ0v) is 27.0. The SMILES string of the molecule is COc1ccc(N(c2ccccc2)c2cccc(-c3ccc(-c4cccc(N(c5ccccc5)c5ccc(OC)cc5)c4)cc3)c2)cc1. The molecule has 0 bridgehead atoms. The van der Waals surface area contributed by atoms with E-state index in [2.05, 4.69) is 155 Å². The molecule has 4 heteroatoms. The number of anilines is 6. The van der Waals surface area contributed by atoms with Gasteiger partial charge in [0.05, 0.1) is 14.2 Å². The molecule has 0 aliphatic heterocycles. The van der Waals surface area contributed by atoms with Gasteiger partial charge in [-0.1, -0.05) is 84.9 Å². The lowest BCUT2D eigenvalue weighted by Gasteiger charge is -2.26. The van der Waals surface area contributed by atoms with Crippen molar-refractivity contribution in [3.8, 4) is 33.8 Å². The van der Waals surface area contributed by atoms with Gasteiger partial charge in [0, 0.05) is 34.1 Å². The van der Waals surface area contributed by atoms with Crippen LogP contribution in [0.3, 0.4) is 0 Å². The molecule has 0 aliphatic carbocycles. The van der Waals surface area contributed by atoms with Crippen LogP contribution in [0.5, 0.6) is 11.5 Å². The van der Waals surface area contributed by atoms with E-state index in [1.807, 2.05) is 36.4 Å². The van der Waals surface area contributed by atoms with Gasteiger partial charge in [-0.05, 0) is 119 Å². The summed E-state index contributed by atoms with van der Waals surface area (Å²) in [6.07, 6.45) is 0. The van der Waals surface area contributed by atoms with Crippen molar-refractivity contribution in [2.75, 3.05) is 24.0 Å². The zero-order chi connectivity index (χ0) is 32.7. The summed E-state index contributed by atoms with van der Waals surface area (Å²) in [6.45, 7) is 0. The molecule has 0 saturated carbocycles. The second-order valence-electron chi connectivity index (χ2n) is 11.4. The molecular weight excluding hydrogens is 588 g/mol. The first-order valence-electron chi connectivity index (χ1n) is 16.0. The molecule has 4 nitrogen and oxygen atoms in total. The Morgan fingerprint density at radius 3 is 0.979 bits per heavy atom. The number of methoxy groups -OCH3 is 2. The van der Waals surface area contributed by atoms with Crippen molar-refractivity contribution in [3.63, 3.8) is 0 Å². The van der Waals surface area contributed by atoms with E-state index in [-0.39, 0.29) is 0 Å². The van der Waals surface area contributed by atoms with Crippen molar-refractivity contribution in [1.29, 1.82) is 0 Å². The topological polar surface area (TPSA) is 24.9 Å². The van der Waals surface area contributed by atoms with E-state index >= 15 is 0 Å². The Morgan fingerprint density at radius 1 is 0.292 bits per heavy atom. The van der Waals surface area contributed by atoms with Crippen LogP contribution >= 0.6 is 0 Å². The summed E-state index contributed by atoms with van der Waals surface area (Å²) < 4.78 is 10.8. The third kappa shape index (κ3) is 6.51. The fourth-order valence-electron chi connectivity index (χ4n) is 6.02. The van der Waals surface area contributed by atoms with E-state index in [0.717, 1.165) is 67.9 Å². The van der Waals surface area contributed by atoms with Crippen LogP contribution in [0.15, 0.2) is 182 Å². The van der Waals surface area contributed by atoms with Gasteiger partial charge in [0.15, 0.2) is 0 Å². The monoisotopic (exact) mass is 624 g/mol. The van der Waals surface area contributed by atoms with Gasteiger partial charge in [0.1, 0.15) is 11.5 Å². The van der Waals surface area contributed by atoms with Crippen LogP contribution in [0.1, 0.15) is 0 Å². The van der Waals surface area contributed by atoms with Crippen LogP contribution in [0.4, 0.5) is 34.1 Å².